The minimum absolute atomic E-state index is 0.0320. The van der Waals surface area contributed by atoms with Crippen molar-refractivity contribution in [3.8, 4) is 0 Å². The minimum atomic E-state index is -3.81. The topological polar surface area (TPSA) is 96.4 Å². The summed E-state index contributed by atoms with van der Waals surface area (Å²) in [7, 11) is -3.81. The Bertz CT molecular complexity index is 770. The minimum Gasteiger partial charge on any atom is -0.477 e. The second-order valence-electron chi connectivity index (χ2n) is 3.86. The van der Waals surface area contributed by atoms with E-state index in [1.165, 1.54) is 18.3 Å². The highest BCUT2D eigenvalue weighted by molar-refractivity contribution is 9.10. The van der Waals surface area contributed by atoms with Crippen molar-refractivity contribution in [3.05, 3.63) is 39.4 Å². The van der Waals surface area contributed by atoms with Gasteiger partial charge in [0.15, 0.2) is 0 Å². The molecule has 6 nitrogen and oxygen atoms in total. The van der Waals surface area contributed by atoms with Gasteiger partial charge >= 0.3 is 5.97 Å². The number of carbonyl (C=O) groups is 1. The highest BCUT2D eigenvalue weighted by Gasteiger charge is 2.19. The van der Waals surface area contributed by atoms with Crippen LogP contribution in [-0.2, 0) is 10.0 Å². The first-order valence-electron chi connectivity index (χ1n) is 5.28. The second kappa shape index (κ2) is 5.51. The number of nitrogens with one attached hydrogen (secondary N) is 1. The summed E-state index contributed by atoms with van der Waals surface area (Å²) >= 11 is 3.92. The van der Waals surface area contributed by atoms with E-state index in [0.717, 1.165) is 5.56 Å². The Kier molecular flexibility index (Phi) is 4.11. The number of thiophene rings is 1. The first-order valence-corrected chi connectivity index (χ1v) is 8.37. The molecule has 0 saturated carbocycles. The number of halogens is 1. The van der Waals surface area contributed by atoms with Crippen LogP contribution in [0.4, 0.5) is 5.69 Å². The lowest BCUT2D eigenvalue weighted by molar-refractivity contribution is 0.0702. The van der Waals surface area contributed by atoms with E-state index in [2.05, 4.69) is 25.6 Å². The molecule has 2 N–H and O–H groups in total. The van der Waals surface area contributed by atoms with E-state index in [-0.39, 0.29) is 9.09 Å². The zero-order chi connectivity index (χ0) is 14.9. The number of pyridine rings is 1. The number of nitrogens with zero attached hydrogens (tertiary/aromatic N) is 1. The van der Waals surface area contributed by atoms with Gasteiger partial charge in [-0.05, 0) is 46.6 Å². The zero-order valence-electron chi connectivity index (χ0n) is 10.1. The number of anilines is 1. The van der Waals surface area contributed by atoms with E-state index in [1.807, 2.05) is 0 Å². The van der Waals surface area contributed by atoms with E-state index < -0.39 is 16.0 Å². The van der Waals surface area contributed by atoms with Crippen molar-refractivity contribution >= 4 is 48.9 Å². The molecular weight excluding hydrogens is 368 g/mol. The summed E-state index contributed by atoms with van der Waals surface area (Å²) in [5.41, 5.74) is 1.10. The quantitative estimate of drug-likeness (QED) is 0.799. The number of aromatic carboxylic acids is 1. The van der Waals surface area contributed by atoms with E-state index in [9.17, 15) is 13.2 Å². The fraction of sp³-hybridized carbons (Fsp3) is 0.0909. The largest absolute Gasteiger partial charge is 0.477 e. The number of carboxylic acid groups (broad SMARTS) is 1. The van der Waals surface area contributed by atoms with Gasteiger partial charge in [-0.15, -0.1) is 11.3 Å². The van der Waals surface area contributed by atoms with E-state index in [0.29, 0.717) is 21.6 Å². The molecule has 2 heterocycles. The van der Waals surface area contributed by atoms with Crippen molar-refractivity contribution in [2.75, 3.05) is 4.72 Å². The highest BCUT2D eigenvalue weighted by atomic mass is 79.9. The molecule has 0 saturated heterocycles. The molecule has 0 aliphatic rings. The van der Waals surface area contributed by atoms with E-state index in [4.69, 9.17) is 5.11 Å². The SMILES string of the molecule is Cc1cc(NS(=O)(=O)c2ccc(C(=O)O)s2)cnc1Br. The molecule has 0 spiro atoms. The van der Waals surface area contributed by atoms with Crippen LogP contribution in [0.2, 0.25) is 0 Å². The lowest BCUT2D eigenvalue weighted by Crippen LogP contribution is -2.11. The van der Waals surface area contributed by atoms with Crippen molar-refractivity contribution in [1.29, 1.82) is 0 Å². The third kappa shape index (κ3) is 3.17. The van der Waals surface area contributed by atoms with Crippen LogP contribution >= 0.6 is 27.3 Å². The van der Waals surface area contributed by atoms with Gasteiger partial charge in [-0.1, -0.05) is 0 Å². The molecule has 2 aromatic rings. The first-order chi connectivity index (χ1) is 9.29. The average Bonchev–Trinajstić information content (AvgIpc) is 2.84. The van der Waals surface area contributed by atoms with E-state index in [1.54, 1.807) is 13.0 Å². The van der Waals surface area contributed by atoms with Crippen LogP contribution in [0.15, 0.2) is 33.2 Å². The Labute approximate surface area is 127 Å². The molecule has 0 bridgehead atoms. The maximum absolute atomic E-state index is 12.1. The number of hydrogen-bond donors (Lipinski definition) is 2. The number of rotatable bonds is 4. The number of aromatic nitrogens is 1. The van der Waals surface area contributed by atoms with Gasteiger partial charge in [-0.2, -0.15) is 0 Å². The van der Waals surface area contributed by atoms with Gasteiger partial charge in [0.05, 0.1) is 11.9 Å². The summed E-state index contributed by atoms with van der Waals surface area (Å²) in [6.45, 7) is 1.78. The standard InChI is InChI=1S/C11H9BrN2O4S2/c1-6-4-7(5-13-10(6)12)14-20(17,18)9-3-2-8(19-9)11(15)16/h2-5,14H,1H3,(H,15,16). The molecule has 106 valence electrons. The smallest absolute Gasteiger partial charge is 0.345 e. The number of sulfonamides is 1. The number of aryl methyl sites for hydroxylation is 1. The van der Waals surface area contributed by atoms with Gasteiger partial charge < -0.3 is 5.11 Å². The van der Waals surface area contributed by atoms with Crippen molar-refractivity contribution in [2.24, 2.45) is 0 Å². The van der Waals surface area contributed by atoms with Crippen LogP contribution in [-0.4, -0.2) is 24.5 Å². The molecule has 0 atom stereocenters. The number of hydrogen-bond acceptors (Lipinski definition) is 5. The normalized spacial score (nSPS) is 11.3. The van der Waals surface area contributed by atoms with Gasteiger partial charge in [0.25, 0.3) is 10.0 Å². The molecule has 20 heavy (non-hydrogen) atoms. The van der Waals surface area contributed by atoms with Gasteiger partial charge in [0, 0.05) is 0 Å². The summed E-state index contributed by atoms with van der Waals surface area (Å²) in [6, 6.07) is 4.14. The molecule has 0 aliphatic carbocycles. The Balaban J connectivity index is 2.30. The second-order valence-corrected chi connectivity index (χ2v) is 7.61. The predicted molar refractivity (Wildman–Crippen MR) is 78.8 cm³/mol. The summed E-state index contributed by atoms with van der Waals surface area (Å²) in [5.74, 6) is -1.15. The van der Waals surface area contributed by atoms with Gasteiger partial charge in [0.1, 0.15) is 13.7 Å². The van der Waals surface area contributed by atoms with E-state index >= 15 is 0 Å². The van der Waals surface area contributed by atoms with Gasteiger partial charge in [-0.25, -0.2) is 18.2 Å². The lowest BCUT2D eigenvalue weighted by Gasteiger charge is -2.07. The van der Waals surface area contributed by atoms with Crippen molar-refractivity contribution in [1.82, 2.24) is 4.98 Å². The summed E-state index contributed by atoms with van der Waals surface area (Å²) in [4.78, 5) is 14.7. The molecule has 0 fully saturated rings. The van der Waals surface area contributed by atoms with Crippen molar-refractivity contribution in [3.63, 3.8) is 0 Å². The maximum atomic E-state index is 12.1. The maximum Gasteiger partial charge on any atom is 0.345 e. The molecule has 2 rings (SSSR count). The summed E-state index contributed by atoms with van der Waals surface area (Å²) in [6.07, 6.45) is 1.38. The fourth-order valence-corrected chi connectivity index (χ4v) is 3.79. The molecule has 0 aliphatic heterocycles. The van der Waals surface area contributed by atoms with Gasteiger partial charge in [-0.3, -0.25) is 4.72 Å². The van der Waals surface area contributed by atoms with Crippen LogP contribution in [0.5, 0.6) is 0 Å². The van der Waals surface area contributed by atoms with Crippen LogP contribution in [0, 0.1) is 6.92 Å². The Morgan fingerprint density at radius 1 is 1.45 bits per heavy atom. The third-order valence-corrected chi connectivity index (χ3v) is 6.10. The lowest BCUT2D eigenvalue weighted by atomic mass is 10.3. The van der Waals surface area contributed by atoms with Gasteiger partial charge in [0.2, 0.25) is 0 Å². The molecule has 0 aromatic carbocycles. The highest BCUT2D eigenvalue weighted by Crippen LogP contribution is 2.25. The van der Waals surface area contributed by atoms with Crippen LogP contribution in [0.3, 0.4) is 0 Å². The molecule has 0 unspecified atom stereocenters. The first kappa shape index (κ1) is 14.9. The monoisotopic (exact) mass is 376 g/mol. The summed E-state index contributed by atoms with van der Waals surface area (Å²) < 4.78 is 27.1. The Hall–Kier alpha value is -1.45. The zero-order valence-corrected chi connectivity index (χ0v) is 13.3. The number of carboxylic acids is 1. The van der Waals surface area contributed by atoms with Crippen LogP contribution < -0.4 is 4.72 Å². The van der Waals surface area contributed by atoms with Crippen molar-refractivity contribution < 1.29 is 18.3 Å². The Morgan fingerprint density at radius 3 is 2.70 bits per heavy atom. The molecule has 9 heteroatoms. The molecular formula is C11H9BrN2O4S2. The molecule has 0 radical (unpaired) electrons. The third-order valence-electron chi connectivity index (χ3n) is 2.32. The van der Waals surface area contributed by atoms with Crippen molar-refractivity contribution in [2.45, 2.75) is 11.1 Å². The predicted octanol–water partition coefficient (Wildman–Crippen LogP) is 2.71. The average molecular weight is 377 g/mol. The molecule has 0 amide bonds. The summed E-state index contributed by atoms with van der Waals surface area (Å²) in [5, 5.41) is 8.80. The molecule has 2 aromatic heterocycles. The Morgan fingerprint density at radius 2 is 2.15 bits per heavy atom. The fourth-order valence-electron chi connectivity index (χ4n) is 1.40. The van der Waals surface area contributed by atoms with Crippen LogP contribution in [0.1, 0.15) is 15.2 Å². The van der Waals surface area contributed by atoms with Crippen LogP contribution in [0.25, 0.3) is 0 Å².